The molecule has 0 radical (unpaired) electrons. The van der Waals surface area contributed by atoms with E-state index in [-0.39, 0.29) is 27.8 Å². The summed E-state index contributed by atoms with van der Waals surface area (Å²) in [5.41, 5.74) is 1.44. The molecule has 0 unspecified atom stereocenters. The molecule has 0 bridgehead atoms. The highest BCUT2D eigenvalue weighted by Gasteiger charge is 2.22. The second-order valence-corrected chi connectivity index (χ2v) is 5.76. The van der Waals surface area contributed by atoms with Gasteiger partial charge in [-0.1, -0.05) is 24.3 Å². The lowest BCUT2D eigenvalue weighted by atomic mass is 10.1. The lowest BCUT2D eigenvalue weighted by Gasteiger charge is -2.02. The fraction of sp³-hybridized carbons (Fsp3) is 0.0526. The number of phenolic OH excluding ortho intramolecular Hbond substituents is 1. The van der Waals surface area contributed by atoms with Crippen LogP contribution in [-0.4, -0.2) is 21.2 Å². The summed E-state index contributed by atoms with van der Waals surface area (Å²) in [7, 11) is 0. The predicted molar refractivity (Wildman–Crippen MR) is 92.2 cm³/mol. The molecule has 0 amide bonds. The summed E-state index contributed by atoms with van der Waals surface area (Å²) in [6.45, 7) is 0. The Morgan fingerprint density at radius 2 is 1.80 bits per heavy atom. The van der Waals surface area contributed by atoms with E-state index in [1.807, 2.05) is 0 Å². The Balaban J connectivity index is 1.99. The summed E-state index contributed by atoms with van der Waals surface area (Å²) in [4.78, 5) is 27.1. The van der Waals surface area contributed by atoms with Crippen molar-refractivity contribution in [3.8, 4) is 5.75 Å². The van der Waals surface area contributed by atoms with Gasteiger partial charge in [0, 0.05) is 6.42 Å². The number of para-hydroxylation sites is 1. The van der Waals surface area contributed by atoms with E-state index >= 15 is 0 Å². The number of fused-ring (bicyclic) bond motifs is 2. The number of aromatic hydroxyl groups is 1. The number of carboxylic acid groups (broad SMARTS) is 1. The van der Waals surface area contributed by atoms with Crippen LogP contribution in [0.25, 0.3) is 21.9 Å². The molecule has 0 saturated heterocycles. The molecular weight excluding hydrogens is 322 g/mol. The number of phenols is 1. The van der Waals surface area contributed by atoms with Gasteiger partial charge in [-0.15, -0.1) is 0 Å². The average molecular weight is 335 g/mol. The molecule has 0 atom stereocenters. The van der Waals surface area contributed by atoms with E-state index in [2.05, 4.69) is 4.98 Å². The summed E-state index contributed by atoms with van der Waals surface area (Å²) in [6, 6.07) is 13.3. The molecule has 2 heterocycles. The summed E-state index contributed by atoms with van der Waals surface area (Å²) in [6.07, 6.45) is 0.339. The van der Waals surface area contributed by atoms with E-state index in [0.29, 0.717) is 23.1 Å². The first-order chi connectivity index (χ1) is 12.0. The molecule has 6 heteroatoms. The number of aromatic carboxylic acids is 1. The van der Waals surface area contributed by atoms with E-state index in [9.17, 15) is 19.8 Å². The number of carbonyl (C=O) groups is 1. The van der Waals surface area contributed by atoms with Gasteiger partial charge in [-0.25, -0.2) is 4.79 Å². The molecule has 2 aromatic carbocycles. The van der Waals surface area contributed by atoms with Crippen molar-refractivity contribution in [3.05, 3.63) is 75.7 Å². The molecule has 2 aromatic heterocycles. The molecule has 0 saturated carbocycles. The van der Waals surface area contributed by atoms with Crippen LogP contribution in [0.1, 0.15) is 21.7 Å². The number of H-pyrrole nitrogens is 1. The van der Waals surface area contributed by atoms with Crippen molar-refractivity contribution in [2.24, 2.45) is 0 Å². The summed E-state index contributed by atoms with van der Waals surface area (Å²) >= 11 is 0. The Hall–Kier alpha value is -3.54. The third kappa shape index (κ3) is 2.44. The number of benzene rings is 2. The number of carboxylic acids is 1. The topological polar surface area (TPSA) is 104 Å². The van der Waals surface area contributed by atoms with E-state index in [4.69, 9.17) is 4.42 Å². The molecule has 0 aliphatic heterocycles. The summed E-state index contributed by atoms with van der Waals surface area (Å²) in [5.74, 6) is -1.08. The third-order valence-electron chi connectivity index (χ3n) is 4.13. The number of aromatic nitrogens is 1. The molecule has 0 spiro atoms. The van der Waals surface area contributed by atoms with Crippen molar-refractivity contribution in [1.29, 1.82) is 0 Å². The Labute approximate surface area is 141 Å². The van der Waals surface area contributed by atoms with Crippen LogP contribution in [-0.2, 0) is 6.42 Å². The van der Waals surface area contributed by atoms with Crippen molar-refractivity contribution in [2.75, 3.05) is 0 Å². The van der Waals surface area contributed by atoms with Gasteiger partial charge in [-0.05, 0) is 29.8 Å². The first-order valence-corrected chi connectivity index (χ1v) is 7.62. The van der Waals surface area contributed by atoms with Gasteiger partial charge < -0.3 is 19.6 Å². The second kappa shape index (κ2) is 5.52. The smallest absolute Gasteiger partial charge is 0.353 e. The van der Waals surface area contributed by atoms with Gasteiger partial charge in [0.15, 0.2) is 5.58 Å². The molecule has 3 N–H and O–H groups in total. The van der Waals surface area contributed by atoms with Crippen LogP contribution < -0.4 is 5.43 Å². The zero-order valence-electron chi connectivity index (χ0n) is 12.9. The number of hydrogen-bond acceptors (Lipinski definition) is 4. The van der Waals surface area contributed by atoms with E-state index in [0.717, 1.165) is 5.56 Å². The minimum Gasteiger partial charge on any atom is -0.508 e. The highest BCUT2D eigenvalue weighted by molar-refractivity contribution is 6.04. The minimum atomic E-state index is -1.22. The van der Waals surface area contributed by atoms with Crippen molar-refractivity contribution in [2.45, 2.75) is 6.42 Å². The van der Waals surface area contributed by atoms with Crippen molar-refractivity contribution in [1.82, 2.24) is 4.98 Å². The Morgan fingerprint density at radius 3 is 2.52 bits per heavy atom. The van der Waals surface area contributed by atoms with Crippen LogP contribution in [0.15, 0.2) is 57.7 Å². The zero-order chi connectivity index (χ0) is 17.6. The van der Waals surface area contributed by atoms with Gasteiger partial charge in [0.2, 0.25) is 5.43 Å². The van der Waals surface area contributed by atoms with Gasteiger partial charge in [-0.2, -0.15) is 0 Å². The lowest BCUT2D eigenvalue weighted by Crippen LogP contribution is -2.06. The van der Waals surface area contributed by atoms with E-state index in [1.165, 1.54) is 0 Å². The molecule has 0 aliphatic carbocycles. The standard InChI is InChI=1S/C19H13NO5/c21-11-7-5-10(6-8-11)9-13-18-15(16(20-13)19(23)24)17(22)12-3-1-2-4-14(12)25-18/h1-8,20-21H,9H2,(H,23,24). The summed E-state index contributed by atoms with van der Waals surface area (Å²) < 4.78 is 5.84. The molecule has 6 nitrogen and oxygen atoms in total. The predicted octanol–water partition coefficient (Wildman–Crippen LogP) is 3.27. The quantitative estimate of drug-likeness (QED) is 0.533. The third-order valence-corrected chi connectivity index (χ3v) is 4.13. The normalized spacial score (nSPS) is 11.2. The molecule has 124 valence electrons. The Morgan fingerprint density at radius 1 is 1.08 bits per heavy atom. The monoisotopic (exact) mass is 335 g/mol. The molecule has 0 aliphatic rings. The number of hydrogen-bond donors (Lipinski definition) is 3. The second-order valence-electron chi connectivity index (χ2n) is 5.76. The van der Waals surface area contributed by atoms with Crippen LogP contribution in [0.4, 0.5) is 0 Å². The highest BCUT2D eigenvalue weighted by Crippen LogP contribution is 2.26. The van der Waals surface area contributed by atoms with Gasteiger partial charge in [0.1, 0.15) is 17.0 Å². The van der Waals surface area contributed by atoms with Gasteiger partial charge in [0.25, 0.3) is 0 Å². The van der Waals surface area contributed by atoms with Gasteiger partial charge in [0.05, 0.1) is 16.5 Å². The number of aromatic amines is 1. The Kier molecular flexibility index (Phi) is 3.32. The molecule has 4 aromatic rings. The summed E-state index contributed by atoms with van der Waals surface area (Å²) in [5, 5.41) is 19.2. The lowest BCUT2D eigenvalue weighted by molar-refractivity contribution is 0.0693. The molecule has 0 fully saturated rings. The SMILES string of the molecule is O=C(O)c1[nH]c(Cc2ccc(O)cc2)c2oc3ccccc3c(=O)c12. The fourth-order valence-electron chi connectivity index (χ4n) is 2.95. The fourth-order valence-corrected chi connectivity index (χ4v) is 2.95. The first-order valence-electron chi connectivity index (χ1n) is 7.62. The van der Waals surface area contributed by atoms with Crippen LogP contribution >= 0.6 is 0 Å². The van der Waals surface area contributed by atoms with Crippen molar-refractivity contribution in [3.63, 3.8) is 0 Å². The van der Waals surface area contributed by atoms with Crippen molar-refractivity contribution < 1.29 is 19.4 Å². The van der Waals surface area contributed by atoms with Crippen LogP contribution in [0, 0.1) is 0 Å². The molecule has 25 heavy (non-hydrogen) atoms. The van der Waals surface area contributed by atoms with Crippen LogP contribution in [0.5, 0.6) is 5.75 Å². The van der Waals surface area contributed by atoms with Crippen LogP contribution in [0.3, 0.4) is 0 Å². The molecule has 4 rings (SSSR count). The van der Waals surface area contributed by atoms with Gasteiger partial charge in [-0.3, -0.25) is 4.79 Å². The largest absolute Gasteiger partial charge is 0.508 e. The maximum absolute atomic E-state index is 12.7. The van der Waals surface area contributed by atoms with Crippen LogP contribution in [0.2, 0.25) is 0 Å². The van der Waals surface area contributed by atoms with E-state index < -0.39 is 5.97 Å². The first kappa shape index (κ1) is 15.0. The van der Waals surface area contributed by atoms with E-state index in [1.54, 1.807) is 48.5 Å². The maximum atomic E-state index is 12.7. The zero-order valence-corrected chi connectivity index (χ0v) is 12.9. The number of nitrogens with one attached hydrogen (secondary N) is 1. The maximum Gasteiger partial charge on any atom is 0.353 e. The Bertz CT molecular complexity index is 1170. The highest BCUT2D eigenvalue weighted by atomic mass is 16.4. The van der Waals surface area contributed by atoms with Crippen molar-refractivity contribution >= 4 is 27.9 Å². The minimum absolute atomic E-state index is 0.0416. The van der Waals surface area contributed by atoms with Gasteiger partial charge >= 0.3 is 5.97 Å². The average Bonchev–Trinajstić information content (AvgIpc) is 2.96. The number of rotatable bonds is 3. The molecular formula is C19H13NO5.